The normalized spacial score (nSPS) is 10.5. The van der Waals surface area contributed by atoms with Crippen LogP contribution in [0.3, 0.4) is 0 Å². The number of pyridine rings is 2. The molecule has 0 aliphatic carbocycles. The summed E-state index contributed by atoms with van der Waals surface area (Å²) in [6.45, 7) is 0. The molecule has 9 nitrogen and oxygen atoms in total. The average Bonchev–Trinajstić information content (AvgIpc) is 3.19. The first-order valence-electron chi connectivity index (χ1n) is 9.45. The van der Waals surface area contributed by atoms with Crippen LogP contribution in [-0.4, -0.2) is 32.0 Å². The number of rotatable bonds is 7. The van der Waals surface area contributed by atoms with E-state index in [1.165, 1.54) is 0 Å². The van der Waals surface area contributed by atoms with E-state index >= 15 is 0 Å². The largest absolute Gasteiger partial charge is 0.365 e. The zero-order valence-corrected chi connectivity index (χ0v) is 16.4. The maximum absolute atomic E-state index is 12.2. The molecule has 154 valence electrons. The van der Waals surface area contributed by atoms with Gasteiger partial charge in [-0.1, -0.05) is 24.3 Å². The molecule has 4 rings (SSSR count). The van der Waals surface area contributed by atoms with E-state index in [0.717, 1.165) is 5.56 Å². The van der Waals surface area contributed by atoms with Gasteiger partial charge in [-0.15, -0.1) is 0 Å². The van der Waals surface area contributed by atoms with E-state index in [1.54, 1.807) is 61.1 Å². The Morgan fingerprint density at radius 3 is 2.52 bits per heavy atom. The van der Waals surface area contributed by atoms with E-state index in [1.807, 2.05) is 12.1 Å². The predicted octanol–water partition coefficient (Wildman–Crippen LogP) is 2.89. The van der Waals surface area contributed by atoms with Gasteiger partial charge >= 0.3 is 0 Å². The summed E-state index contributed by atoms with van der Waals surface area (Å²) in [7, 11) is 0. The molecule has 5 N–H and O–H groups in total. The molecule has 0 saturated heterocycles. The average molecular weight is 413 g/mol. The van der Waals surface area contributed by atoms with Crippen LogP contribution in [0.15, 0.2) is 73.2 Å². The van der Waals surface area contributed by atoms with Crippen LogP contribution in [0, 0.1) is 0 Å². The van der Waals surface area contributed by atoms with Crippen molar-refractivity contribution in [1.82, 2.24) is 20.2 Å². The molecule has 2 amide bonds. The fraction of sp³-hybridized carbons (Fsp3) is 0.0455. The number of hydrogen-bond donors (Lipinski definition) is 4. The number of carbonyl (C=O) groups excluding carboxylic acids is 2. The molecule has 0 aliphatic rings. The van der Waals surface area contributed by atoms with Gasteiger partial charge in [-0.25, -0.2) is 4.98 Å². The van der Waals surface area contributed by atoms with Crippen molar-refractivity contribution >= 4 is 29.1 Å². The molecule has 0 saturated carbocycles. The number of benzene rings is 1. The fourth-order valence-electron chi connectivity index (χ4n) is 3.05. The van der Waals surface area contributed by atoms with Crippen LogP contribution in [0.1, 0.15) is 15.9 Å². The quantitative estimate of drug-likeness (QED) is 0.367. The molecular weight excluding hydrogens is 394 g/mol. The van der Waals surface area contributed by atoms with Crippen molar-refractivity contribution in [2.75, 3.05) is 10.6 Å². The highest BCUT2D eigenvalue weighted by molar-refractivity contribution is 6.04. The number of aromatic nitrogens is 4. The van der Waals surface area contributed by atoms with Crippen molar-refractivity contribution in [3.63, 3.8) is 0 Å². The van der Waals surface area contributed by atoms with Gasteiger partial charge in [-0.3, -0.25) is 19.7 Å². The van der Waals surface area contributed by atoms with Gasteiger partial charge < -0.3 is 16.4 Å². The van der Waals surface area contributed by atoms with Crippen molar-refractivity contribution in [2.45, 2.75) is 6.42 Å². The van der Waals surface area contributed by atoms with Crippen LogP contribution in [-0.2, 0) is 11.2 Å². The van der Waals surface area contributed by atoms with Gasteiger partial charge in [0.25, 0.3) is 5.91 Å². The Bertz CT molecular complexity index is 1190. The first-order valence-corrected chi connectivity index (χ1v) is 9.45. The minimum atomic E-state index is -0.629. The molecule has 31 heavy (non-hydrogen) atoms. The van der Waals surface area contributed by atoms with Gasteiger partial charge in [0, 0.05) is 29.8 Å². The third kappa shape index (κ3) is 4.73. The summed E-state index contributed by atoms with van der Waals surface area (Å²) in [5.74, 6) is 0.123. The molecule has 9 heteroatoms. The van der Waals surface area contributed by atoms with Gasteiger partial charge in [0.1, 0.15) is 22.9 Å². The number of primary amides is 1. The highest BCUT2D eigenvalue weighted by Crippen LogP contribution is 2.29. The van der Waals surface area contributed by atoms with Gasteiger partial charge in [0.15, 0.2) is 0 Å². The molecule has 0 unspecified atom stereocenters. The Morgan fingerprint density at radius 1 is 1.00 bits per heavy atom. The lowest BCUT2D eigenvalue weighted by atomic mass is 10.1. The number of nitrogens with one attached hydrogen (secondary N) is 3. The summed E-state index contributed by atoms with van der Waals surface area (Å²) in [6.07, 6.45) is 5.17. The van der Waals surface area contributed by atoms with E-state index in [-0.39, 0.29) is 17.9 Å². The smallest absolute Gasteiger partial charge is 0.254 e. The molecule has 0 spiro atoms. The monoisotopic (exact) mass is 413 g/mol. The second-order valence-electron chi connectivity index (χ2n) is 6.69. The summed E-state index contributed by atoms with van der Waals surface area (Å²) >= 11 is 0. The molecule has 0 fully saturated rings. The van der Waals surface area contributed by atoms with Gasteiger partial charge in [0.2, 0.25) is 5.91 Å². The first-order chi connectivity index (χ1) is 15.1. The van der Waals surface area contributed by atoms with Crippen LogP contribution in [0.5, 0.6) is 0 Å². The molecule has 0 radical (unpaired) electrons. The number of amides is 2. The van der Waals surface area contributed by atoms with E-state index in [0.29, 0.717) is 28.6 Å². The molecule has 0 bridgehead atoms. The number of nitrogens with zero attached hydrogens (tertiary/aromatic N) is 3. The SMILES string of the molecule is NC(=O)c1c(-c2ccc(NC(=O)Cc3cccnc3)cc2)n[nH]c1Nc1ccccn1. The fourth-order valence-corrected chi connectivity index (χ4v) is 3.05. The maximum atomic E-state index is 12.2. The highest BCUT2D eigenvalue weighted by Gasteiger charge is 2.20. The van der Waals surface area contributed by atoms with Crippen molar-refractivity contribution in [1.29, 1.82) is 0 Å². The van der Waals surface area contributed by atoms with Crippen molar-refractivity contribution in [3.8, 4) is 11.3 Å². The minimum Gasteiger partial charge on any atom is -0.365 e. The summed E-state index contributed by atoms with van der Waals surface area (Å²) in [6, 6.07) is 16.0. The van der Waals surface area contributed by atoms with E-state index in [4.69, 9.17) is 5.73 Å². The Morgan fingerprint density at radius 2 is 1.84 bits per heavy atom. The number of nitrogens with two attached hydrogens (primary N) is 1. The van der Waals surface area contributed by atoms with Crippen LogP contribution in [0.2, 0.25) is 0 Å². The topological polar surface area (TPSA) is 139 Å². The zero-order valence-electron chi connectivity index (χ0n) is 16.4. The molecule has 0 aliphatic heterocycles. The third-order valence-corrected chi connectivity index (χ3v) is 4.46. The number of hydrogen-bond acceptors (Lipinski definition) is 6. The second kappa shape index (κ2) is 8.87. The zero-order chi connectivity index (χ0) is 21.6. The Labute approximate surface area is 177 Å². The predicted molar refractivity (Wildman–Crippen MR) is 117 cm³/mol. The van der Waals surface area contributed by atoms with Crippen molar-refractivity contribution < 1.29 is 9.59 Å². The standard InChI is InChI=1S/C22H19N7O2/c23-21(31)19-20(28-29-22(19)27-17-5-1-2-11-25-17)15-6-8-16(9-7-15)26-18(30)12-14-4-3-10-24-13-14/h1-11,13H,12H2,(H2,23,31)(H,26,30)(H2,25,27,28,29). The molecule has 1 aromatic carbocycles. The third-order valence-electron chi connectivity index (χ3n) is 4.46. The molecular formula is C22H19N7O2. The van der Waals surface area contributed by atoms with E-state index in [2.05, 4.69) is 30.8 Å². The number of anilines is 3. The Balaban J connectivity index is 1.51. The van der Waals surface area contributed by atoms with Gasteiger partial charge in [0.05, 0.1) is 6.42 Å². The second-order valence-corrected chi connectivity index (χ2v) is 6.69. The van der Waals surface area contributed by atoms with Gasteiger partial charge in [-0.05, 0) is 35.9 Å². The Hall–Kier alpha value is -4.53. The van der Waals surface area contributed by atoms with Crippen molar-refractivity contribution in [2.24, 2.45) is 5.73 Å². The molecule has 0 atom stereocenters. The van der Waals surface area contributed by atoms with Crippen LogP contribution < -0.4 is 16.4 Å². The first kappa shape index (κ1) is 19.8. The summed E-state index contributed by atoms with van der Waals surface area (Å²) in [4.78, 5) is 32.5. The number of H-pyrrole nitrogens is 1. The summed E-state index contributed by atoms with van der Waals surface area (Å²) < 4.78 is 0. The summed E-state index contributed by atoms with van der Waals surface area (Å²) in [5.41, 5.74) is 8.34. The van der Waals surface area contributed by atoms with Crippen LogP contribution in [0.25, 0.3) is 11.3 Å². The number of carbonyl (C=O) groups is 2. The minimum absolute atomic E-state index is 0.153. The summed E-state index contributed by atoms with van der Waals surface area (Å²) in [5, 5.41) is 12.9. The van der Waals surface area contributed by atoms with Crippen molar-refractivity contribution in [3.05, 3.63) is 84.3 Å². The van der Waals surface area contributed by atoms with E-state index < -0.39 is 5.91 Å². The van der Waals surface area contributed by atoms with Crippen LogP contribution in [0.4, 0.5) is 17.3 Å². The molecule has 4 aromatic rings. The lowest BCUT2D eigenvalue weighted by Gasteiger charge is -2.07. The lowest BCUT2D eigenvalue weighted by molar-refractivity contribution is -0.115. The lowest BCUT2D eigenvalue weighted by Crippen LogP contribution is -2.14. The Kier molecular flexibility index (Phi) is 5.66. The molecule has 3 heterocycles. The highest BCUT2D eigenvalue weighted by atomic mass is 16.2. The van der Waals surface area contributed by atoms with Crippen LogP contribution >= 0.6 is 0 Å². The molecule has 3 aromatic heterocycles. The van der Waals surface area contributed by atoms with Gasteiger partial charge in [-0.2, -0.15) is 5.10 Å². The number of aromatic amines is 1. The maximum Gasteiger partial charge on any atom is 0.254 e. The van der Waals surface area contributed by atoms with E-state index in [9.17, 15) is 9.59 Å².